The van der Waals surface area contributed by atoms with Crippen LogP contribution in [0.5, 0.6) is 0 Å². The lowest BCUT2D eigenvalue weighted by molar-refractivity contribution is 0.0676. The summed E-state index contributed by atoms with van der Waals surface area (Å²) < 4.78 is 26.9. The van der Waals surface area contributed by atoms with E-state index in [0.29, 0.717) is 31.7 Å². The highest BCUT2D eigenvalue weighted by Gasteiger charge is 2.25. The second-order valence-electron chi connectivity index (χ2n) is 6.78. The van der Waals surface area contributed by atoms with Crippen LogP contribution in [0.1, 0.15) is 28.8 Å². The first-order valence-electron chi connectivity index (χ1n) is 8.71. The fraction of sp³-hybridized carbons (Fsp3) is 0.444. The number of sulfonamides is 1. The van der Waals surface area contributed by atoms with Crippen LogP contribution in [0.2, 0.25) is 0 Å². The molecule has 0 spiro atoms. The Hall–Kier alpha value is -2.19. The van der Waals surface area contributed by atoms with Gasteiger partial charge in [0.1, 0.15) is 0 Å². The fourth-order valence-electron chi connectivity index (χ4n) is 3.20. The molecule has 1 aliphatic heterocycles. The summed E-state index contributed by atoms with van der Waals surface area (Å²) >= 11 is 0. The molecule has 1 N–H and O–H groups in total. The number of piperidine rings is 1. The smallest absolute Gasteiger partial charge is 0.253 e. The molecule has 1 fully saturated rings. The van der Waals surface area contributed by atoms with E-state index in [9.17, 15) is 13.2 Å². The van der Waals surface area contributed by atoms with Crippen molar-refractivity contribution in [1.29, 1.82) is 0 Å². The molecule has 0 aliphatic carbocycles. The Balaban J connectivity index is 1.59. The highest BCUT2D eigenvalue weighted by Crippen LogP contribution is 2.19. The summed E-state index contributed by atoms with van der Waals surface area (Å²) in [5, 5.41) is 4.18. The Morgan fingerprint density at radius 3 is 2.73 bits per heavy atom. The van der Waals surface area contributed by atoms with E-state index in [1.807, 2.05) is 46.1 Å². The highest BCUT2D eigenvalue weighted by atomic mass is 32.2. The quantitative estimate of drug-likeness (QED) is 0.824. The molecule has 1 amide bonds. The number of benzene rings is 1. The van der Waals surface area contributed by atoms with Gasteiger partial charge in [-0.25, -0.2) is 13.1 Å². The number of hydrogen-bond donors (Lipinski definition) is 1. The lowest BCUT2D eigenvalue weighted by Gasteiger charge is -2.32. The maximum absolute atomic E-state index is 12.7. The molecule has 1 saturated heterocycles. The van der Waals surface area contributed by atoms with Crippen molar-refractivity contribution >= 4 is 15.9 Å². The van der Waals surface area contributed by atoms with E-state index in [4.69, 9.17) is 0 Å². The Morgan fingerprint density at radius 2 is 2.08 bits per heavy atom. The SMILES string of the molecule is CS(=O)(=O)NCC1CCCN(C(=O)c2ccc(Cn3cccn3)cc2)C1. The van der Waals surface area contributed by atoms with E-state index in [1.54, 1.807) is 6.20 Å². The van der Waals surface area contributed by atoms with Crippen molar-refractivity contribution in [3.05, 3.63) is 53.9 Å². The van der Waals surface area contributed by atoms with E-state index in [2.05, 4.69) is 9.82 Å². The monoisotopic (exact) mass is 376 g/mol. The molecule has 0 saturated carbocycles. The van der Waals surface area contributed by atoms with Crippen LogP contribution >= 0.6 is 0 Å². The van der Waals surface area contributed by atoms with Gasteiger partial charge in [0, 0.05) is 37.6 Å². The molecule has 0 radical (unpaired) electrons. The number of likely N-dealkylation sites (tertiary alicyclic amines) is 1. The van der Waals surface area contributed by atoms with Crippen molar-refractivity contribution < 1.29 is 13.2 Å². The number of rotatable bonds is 6. The van der Waals surface area contributed by atoms with Gasteiger partial charge in [-0.2, -0.15) is 5.10 Å². The number of carbonyl (C=O) groups is 1. The normalized spacial score (nSPS) is 18.0. The molecule has 1 aromatic heterocycles. The summed E-state index contributed by atoms with van der Waals surface area (Å²) in [6, 6.07) is 9.46. The first-order valence-corrected chi connectivity index (χ1v) is 10.6. The predicted molar refractivity (Wildman–Crippen MR) is 99.2 cm³/mol. The minimum Gasteiger partial charge on any atom is -0.338 e. The number of carbonyl (C=O) groups excluding carboxylic acids is 1. The molecular formula is C18H24N4O3S. The lowest BCUT2D eigenvalue weighted by Crippen LogP contribution is -2.43. The van der Waals surface area contributed by atoms with Gasteiger partial charge in [-0.3, -0.25) is 9.48 Å². The Bertz CT molecular complexity index is 832. The third-order valence-corrected chi connectivity index (χ3v) is 5.24. The van der Waals surface area contributed by atoms with Gasteiger partial charge in [0.2, 0.25) is 10.0 Å². The second-order valence-corrected chi connectivity index (χ2v) is 8.61. The molecule has 140 valence electrons. The summed E-state index contributed by atoms with van der Waals surface area (Å²) in [5.74, 6) is 0.154. The van der Waals surface area contributed by atoms with Gasteiger partial charge >= 0.3 is 0 Å². The van der Waals surface area contributed by atoms with Crippen LogP contribution in [0, 0.1) is 5.92 Å². The number of hydrogen-bond acceptors (Lipinski definition) is 4. The van der Waals surface area contributed by atoms with Gasteiger partial charge < -0.3 is 4.90 Å². The van der Waals surface area contributed by atoms with Crippen LogP contribution in [0.4, 0.5) is 0 Å². The zero-order valence-corrected chi connectivity index (χ0v) is 15.7. The maximum Gasteiger partial charge on any atom is 0.253 e. The van der Waals surface area contributed by atoms with Gasteiger partial charge in [0.25, 0.3) is 5.91 Å². The summed E-state index contributed by atoms with van der Waals surface area (Å²) in [6.07, 6.45) is 6.61. The Labute approximate surface area is 154 Å². The zero-order valence-electron chi connectivity index (χ0n) is 14.8. The van der Waals surface area contributed by atoms with E-state index in [-0.39, 0.29) is 11.8 Å². The number of nitrogens with one attached hydrogen (secondary N) is 1. The van der Waals surface area contributed by atoms with Gasteiger partial charge in [0.05, 0.1) is 12.8 Å². The van der Waals surface area contributed by atoms with Crippen molar-refractivity contribution in [1.82, 2.24) is 19.4 Å². The molecule has 2 heterocycles. The van der Waals surface area contributed by atoms with Crippen molar-refractivity contribution in [3.8, 4) is 0 Å². The van der Waals surface area contributed by atoms with E-state index in [0.717, 1.165) is 24.7 Å². The topological polar surface area (TPSA) is 84.3 Å². The molecule has 1 unspecified atom stereocenters. The molecule has 1 aromatic carbocycles. The standard InChI is InChI=1S/C18H24N4O3S/c1-26(24,25)20-12-16-4-2-10-21(13-16)18(23)17-7-5-15(6-8-17)14-22-11-3-9-19-22/h3,5-9,11,16,20H,2,4,10,12-14H2,1H3. The molecule has 26 heavy (non-hydrogen) atoms. The van der Waals surface area contributed by atoms with Crippen molar-refractivity contribution in [3.63, 3.8) is 0 Å². The van der Waals surface area contributed by atoms with Crippen molar-refractivity contribution in [2.75, 3.05) is 25.9 Å². The van der Waals surface area contributed by atoms with Gasteiger partial charge in [-0.1, -0.05) is 12.1 Å². The first-order chi connectivity index (χ1) is 12.4. The van der Waals surface area contributed by atoms with Crippen LogP contribution in [0.25, 0.3) is 0 Å². The van der Waals surface area contributed by atoms with Crippen LogP contribution in [0.3, 0.4) is 0 Å². The third-order valence-electron chi connectivity index (χ3n) is 4.55. The molecule has 2 aromatic rings. The minimum absolute atomic E-state index is 0.000283. The second kappa shape index (κ2) is 8.01. The van der Waals surface area contributed by atoms with Crippen LogP contribution < -0.4 is 4.72 Å². The van der Waals surface area contributed by atoms with Crippen LogP contribution in [-0.2, 0) is 16.6 Å². The van der Waals surface area contributed by atoms with Crippen LogP contribution in [-0.4, -0.2) is 54.9 Å². The van der Waals surface area contributed by atoms with Crippen LogP contribution in [0.15, 0.2) is 42.7 Å². The molecule has 3 rings (SSSR count). The number of amides is 1. The third kappa shape index (κ3) is 5.15. The lowest BCUT2D eigenvalue weighted by atomic mass is 9.97. The Kier molecular flexibility index (Phi) is 5.73. The summed E-state index contributed by atoms with van der Waals surface area (Å²) in [6.45, 7) is 2.34. The number of aromatic nitrogens is 2. The van der Waals surface area contributed by atoms with Gasteiger partial charge in [-0.15, -0.1) is 0 Å². The molecule has 8 heteroatoms. The van der Waals surface area contributed by atoms with Crippen molar-refractivity contribution in [2.45, 2.75) is 19.4 Å². The molecular weight excluding hydrogens is 352 g/mol. The Morgan fingerprint density at radius 1 is 1.31 bits per heavy atom. The van der Waals surface area contributed by atoms with Gasteiger partial charge in [-0.05, 0) is 42.5 Å². The highest BCUT2D eigenvalue weighted by molar-refractivity contribution is 7.88. The van der Waals surface area contributed by atoms with E-state index in [1.165, 1.54) is 0 Å². The maximum atomic E-state index is 12.7. The summed E-state index contributed by atoms with van der Waals surface area (Å²) in [5.41, 5.74) is 1.74. The first kappa shape index (κ1) is 18.6. The number of nitrogens with zero attached hydrogens (tertiary/aromatic N) is 3. The average molecular weight is 376 g/mol. The molecule has 1 aliphatic rings. The zero-order chi connectivity index (χ0) is 18.6. The predicted octanol–water partition coefficient (Wildman–Crippen LogP) is 1.33. The molecule has 0 bridgehead atoms. The molecule has 7 nitrogen and oxygen atoms in total. The average Bonchev–Trinajstić information content (AvgIpc) is 3.13. The fourth-order valence-corrected chi connectivity index (χ4v) is 3.74. The van der Waals surface area contributed by atoms with Crippen molar-refractivity contribution in [2.24, 2.45) is 5.92 Å². The largest absolute Gasteiger partial charge is 0.338 e. The van der Waals surface area contributed by atoms with E-state index >= 15 is 0 Å². The summed E-state index contributed by atoms with van der Waals surface area (Å²) in [4.78, 5) is 14.6. The molecule has 1 atom stereocenters. The van der Waals surface area contributed by atoms with E-state index < -0.39 is 10.0 Å². The minimum atomic E-state index is -3.20. The summed E-state index contributed by atoms with van der Waals surface area (Å²) in [7, 11) is -3.20. The van der Waals surface area contributed by atoms with Gasteiger partial charge in [0.15, 0.2) is 0 Å².